The van der Waals surface area contributed by atoms with Gasteiger partial charge in [0.05, 0.1) is 13.7 Å². The quantitative estimate of drug-likeness (QED) is 0.365. The minimum Gasteiger partial charge on any atom is -0.497 e. The van der Waals surface area contributed by atoms with E-state index in [4.69, 9.17) is 4.74 Å². The molecule has 0 saturated carbocycles. The first-order valence-electron chi connectivity index (χ1n) is 12.2. The highest BCUT2D eigenvalue weighted by Crippen LogP contribution is 2.28. The van der Waals surface area contributed by atoms with Crippen LogP contribution in [0, 0.1) is 0 Å². The number of ether oxygens (including phenoxy) is 1. The van der Waals surface area contributed by atoms with Gasteiger partial charge >= 0.3 is 0 Å². The molecule has 10 heteroatoms. The Morgan fingerprint density at radius 3 is 2.49 bits per heavy atom. The number of hydrogen-bond donors (Lipinski definition) is 2. The standard InChI is InChI=1S/C27H31N3O5S2/c1-3-25(31)19-6-4-8-22(16-19)29-21-12-14-30(15-13-21)37(33,34)26-11-10-24(36-26)18-28-27(32)20-7-5-9-23(17-20)35-2/h4-11,16-17,21,29H,3,12-15,18H2,1-2H3,(H,28,32). The van der Waals surface area contributed by atoms with E-state index in [9.17, 15) is 18.0 Å². The second-order valence-corrected chi connectivity index (χ2v) is 12.1. The molecule has 196 valence electrons. The highest BCUT2D eigenvalue weighted by atomic mass is 32.2. The number of nitrogens with zero attached hydrogens (tertiary/aromatic N) is 1. The molecule has 37 heavy (non-hydrogen) atoms. The first kappa shape index (κ1) is 26.8. The summed E-state index contributed by atoms with van der Waals surface area (Å²) >= 11 is 1.17. The molecular formula is C27H31N3O5S2. The fourth-order valence-corrected chi connectivity index (χ4v) is 7.14. The van der Waals surface area contributed by atoms with Crippen molar-refractivity contribution in [3.63, 3.8) is 0 Å². The Kier molecular flexibility index (Phi) is 8.63. The number of amides is 1. The molecule has 3 aromatic rings. The Balaban J connectivity index is 1.31. The molecule has 1 aliphatic rings. The highest BCUT2D eigenvalue weighted by Gasteiger charge is 2.30. The molecule has 0 aliphatic carbocycles. The van der Waals surface area contributed by atoms with Crippen LogP contribution in [-0.4, -0.2) is 50.7 Å². The molecule has 1 amide bonds. The number of benzene rings is 2. The van der Waals surface area contributed by atoms with Gasteiger partial charge in [-0.2, -0.15) is 4.31 Å². The smallest absolute Gasteiger partial charge is 0.252 e. The molecular weight excluding hydrogens is 510 g/mol. The molecule has 1 saturated heterocycles. The van der Waals surface area contributed by atoms with Crippen molar-refractivity contribution in [3.05, 3.63) is 76.7 Å². The molecule has 2 N–H and O–H groups in total. The number of hydrogen-bond acceptors (Lipinski definition) is 7. The Morgan fingerprint density at radius 2 is 1.76 bits per heavy atom. The molecule has 1 aliphatic heterocycles. The molecule has 8 nitrogen and oxygen atoms in total. The molecule has 2 heterocycles. The number of rotatable bonds is 10. The van der Waals surface area contributed by atoms with E-state index in [-0.39, 0.29) is 28.5 Å². The summed E-state index contributed by atoms with van der Waals surface area (Å²) < 4.78 is 33.4. The Bertz CT molecular complexity index is 1360. The zero-order chi connectivity index (χ0) is 26.4. The number of thiophene rings is 1. The molecule has 1 aromatic heterocycles. The first-order chi connectivity index (χ1) is 17.8. The van der Waals surface area contributed by atoms with Gasteiger partial charge in [0.2, 0.25) is 0 Å². The average Bonchev–Trinajstić information content (AvgIpc) is 3.42. The third kappa shape index (κ3) is 6.57. The summed E-state index contributed by atoms with van der Waals surface area (Å²) in [5.41, 5.74) is 2.03. The lowest BCUT2D eigenvalue weighted by molar-refractivity contribution is 0.0949. The molecule has 2 aromatic carbocycles. The first-order valence-corrected chi connectivity index (χ1v) is 14.5. The number of piperidine rings is 1. The lowest BCUT2D eigenvalue weighted by atomic mass is 10.0. The van der Waals surface area contributed by atoms with Crippen molar-refractivity contribution in [1.29, 1.82) is 0 Å². The van der Waals surface area contributed by atoms with Crippen LogP contribution in [0.1, 0.15) is 51.8 Å². The summed E-state index contributed by atoms with van der Waals surface area (Å²) in [6.07, 6.45) is 1.79. The van der Waals surface area contributed by atoms with Crippen LogP contribution in [0.5, 0.6) is 5.75 Å². The third-order valence-corrected chi connectivity index (χ3v) is 9.77. The summed E-state index contributed by atoms with van der Waals surface area (Å²) in [6.45, 7) is 2.90. The van der Waals surface area contributed by atoms with Crippen LogP contribution in [0.4, 0.5) is 5.69 Å². The minimum absolute atomic E-state index is 0.0970. The van der Waals surface area contributed by atoms with Gasteiger partial charge in [-0.25, -0.2) is 8.42 Å². The lowest BCUT2D eigenvalue weighted by Gasteiger charge is -2.31. The van der Waals surface area contributed by atoms with Crippen LogP contribution in [-0.2, 0) is 16.6 Å². The van der Waals surface area contributed by atoms with Crippen molar-refractivity contribution in [2.24, 2.45) is 0 Å². The van der Waals surface area contributed by atoms with E-state index in [1.165, 1.54) is 15.6 Å². The number of carbonyl (C=O) groups is 2. The van der Waals surface area contributed by atoms with Crippen LogP contribution in [0.15, 0.2) is 64.9 Å². The summed E-state index contributed by atoms with van der Waals surface area (Å²) in [5.74, 6) is 0.437. The Morgan fingerprint density at radius 1 is 1.03 bits per heavy atom. The van der Waals surface area contributed by atoms with E-state index in [2.05, 4.69) is 10.6 Å². The predicted molar refractivity (Wildman–Crippen MR) is 145 cm³/mol. The van der Waals surface area contributed by atoms with E-state index in [1.54, 1.807) is 43.5 Å². The fourth-order valence-electron chi connectivity index (χ4n) is 4.22. The zero-order valence-electron chi connectivity index (χ0n) is 20.9. The molecule has 0 spiro atoms. The van der Waals surface area contributed by atoms with Gasteiger partial charge in [-0.3, -0.25) is 9.59 Å². The molecule has 1 fully saturated rings. The predicted octanol–water partition coefficient (Wildman–Crippen LogP) is 4.54. The number of carbonyl (C=O) groups excluding carboxylic acids is 2. The maximum Gasteiger partial charge on any atom is 0.252 e. The van der Waals surface area contributed by atoms with Crippen molar-refractivity contribution < 1.29 is 22.7 Å². The summed E-state index contributed by atoms with van der Waals surface area (Å²) in [5, 5.41) is 6.28. The van der Waals surface area contributed by atoms with Crippen molar-refractivity contribution in [2.75, 3.05) is 25.5 Å². The third-order valence-electron chi connectivity index (χ3n) is 6.32. The van der Waals surface area contributed by atoms with Crippen LogP contribution < -0.4 is 15.4 Å². The van der Waals surface area contributed by atoms with Gasteiger partial charge in [-0.05, 0) is 55.3 Å². The maximum absolute atomic E-state index is 13.2. The highest BCUT2D eigenvalue weighted by molar-refractivity contribution is 7.91. The number of sulfonamides is 1. The number of Topliss-reactive ketones (excluding diaryl/α,β-unsaturated/α-hetero) is 1. The van der Waals surface area contributed by atoms with Gasteiger partial charge in [0, 0.05) is 47.2 Å². The topological polar surface area (TPSA) is 105 Å². The van der Waals surface area contributed by atoms with Gasteiger partial charge in [-0.1, -0.05) is 25.1 Å². The largest absolute Gasteiger partial charge is 0.497 e. The summed E-state index contributed by atoms with van der Waals surface area (Å²) in [7, 11) is -2.07. The second-order valence-electron chi connectivity index (χ2n) is 8.82. The number of ketones is 1. The van der Waals surface area contributed by atoms with Gasteiger partial charge in [0.25, 0.3) is 15.9 Å². The van der Waals surface area contributed by atoms with Crippen LogP contribution in [0.3, 0.4) is 0 Å². The molecule has 4 rings (SSSR count). The molecule has 0 atom stereocenters. The number of methoxy groups -OCH3 is 1. The van der Waals surface area contributed by atoms with Gasteiger partial charge in [0.1, 0.15) is 9.96 Å². The number of anilines is 1. The fraction of sp³-hybridized carbons (Fsp3) is 0.333. The van der Waals surface area contributed by atoms with E-state index in [1.807, 2.05) is 31.2 Å². The minimum atomic E-state index is -3.61. The van der Waals surface area contributed by atoms with Crippen LogP contribution in [0.2, 0.25) is 0 Å². The zero-order valence-corrected chi connectivity index (χ0v) is 22.5. The number of nitrogens with one attached hydrogen (secondary N) is 2. The monoisotopic (exact) mass is 541 g/mol. The SMILES string of the molecule is CCC(=O)c1cccc(NC2CCN(S(=O)(=O)c3ccc(CNC(=O)c4cccc(OC)c4)s3)CC2)c1. The maximum atomic E-state index is 13.2. The van der Waals surface area contributed by atoms with E-state index in [0.717, 1.165) is 10.6 Å². The van der Waals surface area contributed by atoms with Crippen LogP contribution >= 0.6 is 11.3 Å². The van der Waals surface area contributed by atoms with Crippen LogP contribution in [0.25, 0.3) is 0 Å². The average molecular weight is 542 g/mol. The van der Waals surface area contributed by atoms with E-state index < -0.39 is 10.0 Å². The van der Waals surface area contributed by atoms with E-state index >= 15 is 0 Å². The summed E-state index contributed by atoms with van der Waals surface area (Å²) in [4.78, 5) is 25.2. The van der Waals surface area contributed by atoms with Crippen molar-refractivity contribution >= 4 is 38.7 Å². The normalized spacial score (nSPS) is 14.8. The Labute approximate surface area is 221 Å². The second kappa shape index (κ2) is 11.9. The van der Waals surface area contributed by atoms with Crippen molar-refractivity contribution in [2.45, 2.75) is 43.0 Å². The molecule has 0 unspecified atom stereocenters. The van der Waals surface area contributed by atoms with Gasteiger partial charge < -0.3 is 15.4 Å². The van der Waals surface area contributed by atoms with Gasteiger partial charge in [0.15, 0.2) is 5.78 Å². The van der Waals surface area contributed by atoms with Gasteiger partial charge in [-0.15, -0.1) is 11.3 Å². The van der Waals surface area contributed by atoms with E-state index in [0.29, 0.717) is 49.2 Å². The lowest BCUT2D eigenvalue weighted by Crippen LogP contribution is -2.42. The molecule has 0 bridgehead atoms. The molecule has 0 radical (unpaired) electrons. The van der Waals surface area contributed by atoms with Crippen molar-refractivity contribution in [1.82, 2.24) is 9.62 Å². The Hall–Kier alpha value is -3.21. The van der Waals surface area contributed by atoms with Crippen molar-refractivity contribution in [3.8, 4) is 5.75 Å². The summed E-state index contributed by atoms with van der Waals surface area (Å²) in [6, 6.07) is 17.8.